The number of nitrogens with one attached hydrogen (secondary N) is 2. The molecule has 0 spiro atoms. The third kappa shape index (κ3) is 2.47. The Balaban J connectivity index is 2.05. The molecular formula is C11H13N3O4. The van der Waals surface area contributed by atoms with Crippen LogP contribution in [-0.2, 0) is 9.53 Å². The highest BCUT2D eigenvalue weighted by atomic mass is 16.6. The minimum Gasteiger partial charge on any atom is -0.468 e. The Morgan fingerprint density at radius 3 is 2.61 bits per heavy atom. The van der Waals surface area contributed by atoms with Gasteiger partial charge in [-0.1, -0.05) is 12.1 Å². The first kappa shape index (κ1) is 12.5. The summed E-state index contributed by atoms with van der Waals surface area (Å²) in [5.74, 6) is -0.327. The van der Waals surface area contributed by atoms with E-state index in [0.29, 0.717) is 6.42 Å². The van der Waals surface area contributed by atoms with E-state index in [1.54, 1.807) is 12.1 Å². The molecule has 0 saturated carbocycles. The van der Waals surface area contributed by atoms with Crippen LogP contribution in [0.4, 0.5) is 5.69 Å². The number of nitro benzene ring substituents is 1. The molecule has 1 saturated heterocycles. The molecule has 1 aromatic carbocycles. The van der Waals surface area contributed by atoms with Crippen LogP contribution in [0, 0.1) is 10.1 Å². The van der Waals surface area contributed by atoms with Crippen LogP contribution in [0.2, 0.25) is 0 Å². The number of hydrogen-bond donors (Lipinski definition) is 2. The Hall–Kier alpha value is -1.99. The zero-order chi connectivity index (χ0) is 13.1. The molecule has 1 heterocycles. The fourth-order valence-corrected chi connectivity index (χ4v) is 1.90. The molecule has 2 unspecified atom stereocenters. The molecule has 2 rings (SSSR count). The monoisotopic (exact) mass is 251 g/mol. The number of nitrogens with zero attached hydrogens (tertiary/aromatic N) is 1. The summed E-state index contributed by atoms with van der Waals surface area (Å²) in [6.45, 7) is 0. The smallest absolute Gasteiger partial charge is 0.324 e. The first-order valence-corrected chi connectivity index (χ1v) is 5.45. The number of non-ortho nitro benzene ring substituents is 1. The lowest BCUT2D eigenvalue weighted by molar-refractivity contribution is -0.384. The van der Waals surface area contributed by atoms with Gasteiger partial charge < -0.3 is 4.74 Å². The van der Waals surface area contributed by atoms with Crippen LogP contribution in [0.25, 0.3) is 0 Å². The van der Waals surface area contributed by atoms with Crippen molar-refractivity contribution in [3.8, 4) is 0 Å². The maximum atomic E-state index is 11.3. The lowest BCUT2D eigenvalue weighted by atomic mass is 10.0. The summed E-state index contributed by atoms with van der Waals surface area (Å²) >= 11 is 0. The molecule has 0 amide bonds. The minimum atomic E-state index is -0.443. The summed E-state index contributed by atoms with van der Waals surface area (Å²) < 4.78 is 4.64. The van der Waals surface area contributed by atoms with Gasteiger partial charge in [-0.15, -0.1) is 0 Å². The van der Waals surface area contributed by atoms with E-state index in [1.165, 1.54) is 19.2 Å². The average Bonchev–Trinajstić information content (AvgIpc) is 2.87. The van der Waals surface area contributed by atoms with Gasteiger partial charge in [0.1, 0.15) is 6.04 Å². The Kier molecular flexibility index (Phi) is 3.54. The van der Waals surface area contributed by atoms with Gasteiger partial charge in [-0.05, 0) is 12.0 Å². The molecule has 2 N–H and O–H groups in total. The first-order chi connectivity index (χ1) is 8.61. The van der Waals surface area contributed by atoms with E-state index in [9.17, 15) is 14.9 Å². The van der Waals surface area contributed by atoms with Crippen LogP contribution in [0.5, 0.6) is 0 Å². The maximum Gasteiger partial charge on any atom is 0.324 e. The van der Waals surface area contributed by atoms with Crippen molar-refractivity contribution in [3.05, 3.63) is 39.9 Å². The molecule has 1 aliphatic rings. The van der Waals surface area contributed by atoms with E-state index >= 15 is 0 Å². The molecule has 1 aliphatic heterocycles. The largest absolute Gasteiger partial charge is 0.468 e. The SMILES string of the molecule is COC(=O)C1CC(c2ccc([N+](=O)[O-])cc2)NN1. The molecule has 0 aliphatic carbocycles. The van der Waals surface area contributed by atoms with Gasteiger partial charge >= 0.3 is 5.97 Å². The average molecular weight is 251 g/mol. The van der Waals surface area contributed by atoms with Crippen LogP contribution < -0.4 is 10.9 Å². The van der Waals surface area contributed by atoms with Gasteiger partial charge in [0.2, 0.25) is 0 Å². The molecule has 7 heteroatoms. The standard InChI is InChI=1S/C11H13N3O4/c1-18-11(15)10-6-9(12-13-10)7-2-4-8(5-3-7)14(16)17/h2-5,9-10,12-13H,6H2,1H3. The van der Waals surface area contributed by atoms with Crippen molar-refractivity contribution in [2.75, 3.05) is 7.11 Å². The normalized spacial score (nSPS) is 22.7. The molecule has 1 aromatic rings. The van der Waals surface area contributed by atoms with Gasteiger partial charge in [-0.2, -0.15) is 0 Å². The number of benzene rings is 1. The number of carbonyl (C=O) groups is 1. The quantitative estimate of drug-likeness (QED) is 0.466. The van der Waals surface area contributed by atoms with Gasteiger partial charge in [0.15, 0.2) is 0 Å². The number of carbonyl (C=O) groups excluding carboxylic acids is 1. The molecule has 0 bridgehead atoms. The second-order valence-corrected chi connectivity index (χ2v) is 4.00. The molecule has 96 valence electrons. The molecule has 0 aromatic heterocycles. The molecule has 2 atom stereocenters. The van der Waals surface area contributed by atoms with Gasteiger partial charge in [-0.3, -0.25) is 14.9 Å². The fourth-order valence-electron chi connectivity index (χ4n) is 1.90. The molecular weight excluding hydrogens is 238 g/mol. The number of rotatable bonds is 3. The van der Waals surface area contributed by atoms with Gasteiger partial charge in [0.05, 0.1) is 12.0 Å². The number of hydrogen-bond acceptors (Lipinski definition) is 6. The molecule has 1 fully saturated rings. The lowest BCUT2D eigenvalue weighted by Crippen LogP contribution is -2.36. The van der Waals surface area contributed by atoms with Crippen molar-refractivity contribution >= 4 is 11.7 Å². The van der Waals surface area contributed by atoms with Gasteiger partial charge in [0, 0.05) is 18.2 Å². The third-order valence-corrected chi connectivity index (χ3v) is 2.90. The van der Waals surface area contributed by atoms with Crippen molar-refractivity contribution in [2.45, 2.75) is 18.5 Å². The van der Waals surface area contributed by atoms with Crippen LogP contribution in [0.1, 0.15) is 18.0 Å². The highest BCUT2D eigenvalue weighted by Crippen LogP contribution is 2.24. The topological polar surface area (TPSA) is 93.5 Å². The summed E-state index contributed by atoms with van der Waals surface area (Å²) in [4.78, 5) is 21.4. The van der Waals surface area contributed by atoms with E-state index in [0.717, 1.165) is 5.56 Å². The molecule has 7 nitrogen and oxygen atoms in total. The first-order valence-electron chi connectivity index (χ1n) is 5.45. The van der Waals surface area contributed by atoms with Crippen LogP contribution >= 0.6 is 0 Å². The van der Waals surface area contributed by atoms with E-state index in [2.05, 4.69) is 15.6 Å². The summed E-state index contributed by atoms with van der Waals surface area (Å²) in [5, 5.41) is 10.5. The minimum absolute atomic E-state index is 0.0502. The summed E-state index contributed by atoms with van der Waals surface area (Å²) in [7, 11) is 1.34. The zero-order valence-electron chi connectivity index (χ0n) is 9.75. The Bertz CT molecular complexity index is 460. The number of esters is 1. The van der Waals surface area contributed by atoms with Crippen molar-refractivity contribution in [2.24, 2.45) is 0 Å². The Labute approximate surface area is 103 Å². The summed E-state index contributed by atoms with van der Waals surface area (Å²) in [6, 6.07) is 5.80. The third-order valence-electron chi connectivity index (χ3n) is 2.90. The highest BCUT2D eigenvalue weighted by molar-refractivity contribution is 5.76. The number of hydrazine groups is 1. The van der Waals surface area contributed by atoms with E-state index in [1.807, 2.05) is 0 Å². The Morgan fingerprint density at radius 1 is 1.39 bits per heavy atom. The van der Waals surface area contributed by atoms with Gasteiger partial charge in [0.25, 0.3) is 5.69 Å². The van der Waals surface area contributed by atoms with E-state index < -0.39 is 11.0 Å². The summed E-state index contributed by atoms with van der Waals surface area (Å²) in [6.07, 6.45) is 0.546. The van der Waals surface area contributed by atoms with Crippen molar-refractivity contribution in [3.63, 3.8) is 0 Å². The van der Waals surface area contributed by atoms with E-state index in [-0.39, 0.29) is 17.7 Å². The van der Waals surface area contributed by atoms with Crippen molar-refractivity contribution in [1.82, 2.24) is 10.9 Å². The summed E-state index contributed by atoms with van der Waals surface area (Å²) in [5.41, 5.74) is 6.74. The second kappa shape index (κ2) is 5.11. The fraction of sp³-hybridized carbons (Fsp3) is 0.364. The van der Waals surface area contributed by atoms with Gasteiger partial charge in [-0.25, -0.2) is 10.9 Å². The lowest BCUT2D eigenvalue weighted by Gasteiger charge is -2.08. The van der Waals surface area contributed by atoms with Crippen LogP contribution in [-0.4, -0.2) is 24.0 Å². The zero-order valence-corrected chi connectivity index (χ0v) is 9.75. The Morgan fingerprint density at radius 2 is 2.06 bits per heavy atom. The van der Waals surface area contributed by atoms with Crippen molar-refractivity contribution in [1.29, 1.82) is 0 Å². The second-order valence-electron chi connectivity index (χ2n) is 4.00. The number of methoxy groups -OCH3 is 1. The number of ether oxygens (including phenoxy) is 1. The molecule has 0 radical (unpaired) electrons. The van der Waals surface area contributed by atoms with Crippen LogP contribution in [0.3, 0.4) is 0 Å². The predicted molar refractivity (Wildman–Crippen MR) is 62.5 cm³/mol. The molecule has 18 heavy (non-hydrogen) atoms. The van der Waals surface area contributed by atoms with Crippen LogP contribution in [0.15, 0.2) is 24.3 Å². The number of nitro groups is 1. The van der Waals surface area contributed by atoms with E-state index in [4.69, 9.17) is 0 Å². The maximum absolute atomic E-state index is 11.3. The predicted octanol–water partition coefficient (Wildman–Crippen LogP) is 0.675. The van der Waals surface area contributed by atoms with Crippen molar-refractivity contribution < 1.29 is 14.5 Å². The highest BCUT2D eigenvalue weighted by Gasteiger charge is 2.30.